The van der Waals surface area contributed by atoms with Crippen LogP contribution in [0.4, 0.5) is 10.2 Å². The van der Waals surface area contributed by atoms with Crippen molar-refractivity contribution in [2.24, 2.45) is 16.5 Å². The van der Waals surface area contributed by atoms with Crippen molar-refractivity contribution in [1.29, 1.82) is 0 Å². The van der Waals surface area contributed by atoms with Crippen LogP contribution in [-0.2, 0) is 21.5 Å². The van der Waals surface area contributed by atoms with Crippen LogP contribution in [-0.4, -0.2) is 32.7 Å². The van der Waals surface area contributed by atoms with E-state index >= 15 is 0 Å². The standard InChI is InChI=1S/C21H18FN7O3/c1-21(19(24)30)12-10-26-18(27-17(12)28-20(21)31)14(23)8-16(15-6-7-32-29-15)25-9-11-4-2-3-5-13(11)22/h2-8,10H,9,23H2,1H3,(H2,24,30)(H,26,27,28,31). The lowest BCUT2D eigenvalue weighted by Crippen LogP contribution is -2.44. The zero-order valence-corrected chi connectivity index (χ0v) is 16.9. The molecular formula is C21H18FN7O3. The van der Waals surface area contributed by atoms with E-state index in [1.807, 2.05) is 0 Å². The summed E-state index contributed by atoms with van der Waals surface area (Å²) < 4.78 is 18.8. The zero-order chi connectivity index (χ0) is 22.9. The number of aliphatic imine (C=N–C) groups is 1. The fraction of sp³-hybridized carbons (Fsp3) is 0.143. The maximum atomic E-state index is 14.0. The molecule has 3 heterocycles. The van der Waals surface area contributed by atoms with Crippen LogP contribution in [0.1, 0.15) is 29.6 Å². The molecule has 0 spiro atoms. The minimum absolute atomic E-state index is 0.0384. The molecule has 0 saturated heterocycles. The number of nitrogens with one attached hydrogen (secondary N) is 1. The zero-order valence-electron chi connectivity index (χ0n) is 16.9. The second kappa shape index (κ2) is 8.02. The number of rotatable bonds is 6. The summed E-state index contributed by atoms with van der Waals surface area (Å²) in [6.07, 6.45) is 4.15. The first-order valence-corrected chi connectivity index (χ1v) is 9.45. The monoisotopic (exact) mass is 435 g/mol. The van der Waals surface area contributed by atoms with Crippen molar-refractivity contribution in [3.05, 3.63) is 77.3 Å². The van der Waals surface area contributed by atoms with Crippen LogP contribution in [0, 0.1) is 5.82 Å². The van der Waals surface area contributed by atoms with Gasteiger partial charge in [-0.1, -0.05) is 23.4 Å². The van der Waals surface area contributed by atoms with Gasteiger partial charge in [-0.15, -0.1) is 0 Å². The number of anilines is 1. The molecule has 0 radical (unpaired) electrons. The molecule has 3 aromatic rings. The smallest absolute Gasteiger partial charge is 0.245 e. The van der Waals surface area contributed by atoms with Crippen molar-refractivity contribution in [2.45, 2.75) is 18.9 Å². The molecule has 1 unspecified atom stereocenters. The average molecular weight is 435 g/mol. The third-order valence-corrected chi connectivity index (χ3v) is 5.13. The largest absolute Gasteiger partial charge is 0.396 e. The maximum absolute atomic E-state index is 14.0. The summed E-state index contributed by atoms with van der Waals surface area (Å²) in [5.74, 6) is -1.57. The molecule has 10 nitrogen and oxygen atoms in total. The molecule has 2 aromatic heterocycles. The van der Waals surface area contributed by atoms with Crippen LogP contribution in [0.2, 0.25) is 0 Å². The fourth-order valence-corrected chi connectivity index (χ4v) is 3.14. The number of hydrogen-bond donors (Lipinski definition) is 3. The summed E-state index contributed by atoms with van der Waals surface area (Å²) in [7, 11) is 0. The minimum Gasteiger partial charge on any atom is -0.396 e. The maximum Gasteiger partial charge on any atom is 0.245 e. The molecule has 1 aliphatic heterocycles. The highest BCUT2D eigenvalue weighted by molar-refractivity contribution is 6.19. The van der Waals surface area contributed by atoms with Crippen LogP contribution >= 0.6 is 0 Å². The number of nitrogens with two attached hydrogens (primary N) is 2. The first kappa shape index (κ1) is 20.8. The molecule has 1 atom stereocenters. The van der Waals surface area contributed by atoms with Crippen molar-refractivity contribution in [2.75, 3.05) is 5.32 Å². The number of aromatic nitrogens is 3. The van der Waals surface area contributed by atoms with Gasteiger partial charge in [0.05, 0.1) is 18.0 Å². The highest BCUT2D eigenvalue weighted by Crippen LogP contribution is 2.36. The average Bonchev–Trinajstić information content (AvgIpc) is 3.39. The number of primary amides is 1. The van der Waals surface area contributed by atoms with Gasteiger partial charge in [-0.2, -0.15) is 0 Å². The molecule has 0 aliphatic carbocycles. The quantitative estimate of drug-likeness (QED) is 0.388. The summed E-state index contributed by atoms with van der Waals surface area (Å²) in [5, 5.41) is 6.38. The second-order valence-corrected chi connectivity index (χ2v) is 7.18. The fourth-order valence-electron chi connectivity index (χ4n) is 3.14. The van der Waals surface area contributed by atoms with Gasteiger partial charge in [0.2, 0.25) is 11.8 Å². The van der Waals surface area contributed by atoms with E-state index in [-0.39, 0.29) is 35.3 Å². The van der Waals surface area contributed by atoms with E-state index in [2.05, 4.69) is 25.4 Å². The number of allylic oxidation sites excluding steroid dienone is 1. The van der Waals surface area contributed by atoms with Gasteiger partial charge in [0.1, 0.15) is 23.6 Å². The van der Waals surface area contributed by atoms with Gasteiger partial charge < -0.3 is 21.3 Å². The lowest BCUT2D eigenvalue weighted by atomic mass is 9.85. The highest BCUT2D eigenvalue weighted by atomic mass is 19.1. The molecule has 1 aliphatic rings. The van der Waals surface area contributed by atoms with Crippen molar-refractivity contribution >= 4 is 29.0 Å². The Morgan fingerprint density at radius 3 is 2.78 bits per heavy atom. The number of nitrogens with zero attached hydrogens (tertiary/aromatic N) is 4. The normalized spacial score (nSPS) is 18.4. The Kier molecular flexibility index (Phi) is 5.23. The van der Waals surface area contributed by atoms with Crippen molar-refractivity contribution < 1.29 is 18.5 Å². The topological polar surface area (TPSA) is 162 Å². The Hall–Kier alpha value is -4.41. The van der Waals surface area contributed by atoms with Gasteiger partial charge in [-0.3, -0.25) is 14.6 Å². The molecule has 0 fully saturated rings. The Labute approximate surface area is 181 Å². The van der Waals surface area contributed by atoms with Crippen molar-refractivity contribution in [3.8, 4) is 0 Å². The SMILES string of the molecule is CC1(C(N)=O)C(=O)Nc2nc(C(N)=CC(=NCc3ccccc3F)c3ccon3)ncc21. The van der Waals surface area contributed by atoms with Crippen LogP contribution in [0.3, 0.4) is 0 Å². The van der Waals surface area contributed by atoms with E-state index in [1.54, 1.807) is 24.3 Å². The third-order valence-electron chi connectivity index (χ3n) is 5.13. The van der Waals surface area contributed by atoms with Crippen LogP contribution in [0.5, 0.6) is 0 Å². The number of benzene rings is 1. The van der Waals surface area contributed by atoms with Gasteiger partial charge in [0.25, 0.3) is 0 Å². The number of halogens is 1. The molecule has 0 bridgehead atoms. The molecule has 11 heteroatoms. The second-order valence-electron chi connectivity index (χ2n) is 7.18. The highest BCUT2D eigenvalue weighted by Gasteiger charge is 2.49. The van der Waals surface area contributed by atoms with Gasteiger partial charge >= 0.3 is 0 Å². The third kappa shape index (κ3) is 3.60. The lowest BCUT2D eigenvalue weighted by Gasteiger charge is -2.16. The molecule has 162 valence electrons. The number of hydrogen-bond acceptors (Lipinski definition) is 8. The van der Waals surface area contributed by atoms with E-state index in [9.17, 15) is 14.0 Å². The summed E-state index contributed by atoms with van der Waals surface area (Å²) >= 11 is 0. The summed E-state index contributed by atoms with van der Waals surface area (Å²) in [6.45, 7) is 1.44. The van der Waals surface area contributed by atoms with E-state index in [0.29, 0.717) is 17.0 Å². The van der Waals surface area contributed by atoms with E-state index in [1.165, 1.54) is 31.5 Å². The number of carbonyl (C=O) groups is 2. The molecule has 0 saturated carbocycles. The Bertz CT molecular complexity index is 1270. The number of fused-ring (bicyclic) bond motifs is 1. The van der Waals surface area contributed by atoms with Crippen LogP contribution in [0.15, 0.2) is 58.4 Å². The van der Waals surface area contributed by atoms with Crippen molar-refractivity contribution in [3.63, 3.8) is 0 Å². The van der Waals surface area contributed by atoms with Gasteiger partial charge in [-0.25, -0.2) is 14.4 Å². The summed E-state index contributed by atoms with van der Waals surface area (Å²) in [5.41, 5.74) is 11.4. The molecule has 1 aromatic carbocycles. The molecule has 5 N–H and O–H groups in total. The minimum atomic E-state index is -1.57. The predicted octanol–water partition coefficient (Wildman–Crippen LogP) is 1.29. The first-order chi connectivity index (χ1) is 15.3. The molecule has 4 rings (SSSR count). The first-order valence-electron chi connectivity index (χ1n) is 9.45. The van der Waals surface area contributed by atoms with E-state index in [0.717, 1.165) is 0 Å². The molecular weight excluding hydrogens is 417 g/mol. The van der Waals surface area contributed by atoms with Crippen LogP contribution in [0.25, 0.3) is 5.70 Å². The number of carbonyl (C=O) groups excluding carboxylic acids is 2. The van der Waals surface area contributed by atoms with Gasteiger partial charge in [0.15, 0.2) is 11.2 Å². The lowest BCUT2D eigenvalue weighted by molar-refractivity contribution is -0.131. The van der Waals surface area contributed by atoms with Crippen LogP contribution < -0.4 is 16.8 Å². The van der Waals surface area contributed by atoms with Gasteiger partial charge in [-0.05, 0) is 19.1 Å². The number of amides is 2. The van der Waals surface area contributed by atoms with E-state index < -0.39 is 17.2 Å². The molecule has 32 heavy (non-hydrogen) atoms. The Balaban J connectivity index is 1.69. The Morgan fingerprint density at radius 1 is 1.31 bits per heavy atom. The summed E-state index contributed by atoms with van der Waals surface area (Å²) in [4.78, 5) is 36.9. The summed E-state index contributed by atoms with van der Waals surface area (Å²) in [6, 6.07) is 7.84. The van der Waals surface area contributed by atoms with Gasteiger partial charge in [0, 0.05) is 23.4 Å². The predicted molar refractivity (Wildman–Crippen MR) is 113 cm³/mol. The molecule has 2 amide bonds. The Morgan fingerprint density at radius 2 is 2.09 bits per heavy atom. The van der Waals surface area contributed by atoms with Crippen molar-refractivity contribution in [1.82, 2.24) is 15.1 Å². The van der Waals surface area contributed by atoms with E-state index in [4.69, 9.17) is 16.0 Å².